The Morgan fingerprint density at radius 3 is 2.76 bits per heavy atom. The number of carbonyl (C=O) groups excluding carboxylic acids is 2. The van der Waals surface area contributed by atoms with Crippen LogP contribution in [0.15, 0.2) is 41.2 Å². The molecule has 154 valence electrons. The quantitative estimate of drug-likeness (QED) is 0.563. The van der Waals surface area contributed by atoms with E-state index in [0.29, 0.717) is 32.4 Å². The van der Waals surface area contributed by atoms with Crippen molar-refractivity contribution in [3.63, 3.8) is 0 Å². The van der Waals surface area contributed by atoms with Gasteiger partial charge in [-0.2, -0.15) is 0 Å². The van der Waals surface area contributed by atoms with E-state index in [-0.39, 0.29) is 5.91 Å². The lowest BCUT2D eigenvalue weighted by Gasteiger charge is -2.28. The fourth-order valence-corrected chi connectivity index (χ4v) is 3.99. The van der Waals surface area contributed by atoms with E-state index in [1.165, 1.54) is 11.3 Å². The van der Waals surface area contributed by atoms with E-state index in [0.717, 1.165) is 11.3 Å². The first-order chi connectivity index (χ1) is 14.0. The van der Waals surface area contributed by atoms with Crippen LogP contribution in [0.2, 0.25) is 0 Å². The molecule has 2 aromatic rings. The van der Waals surface area contributed by atoms with Crippen LogP contribution in [-0.2, 0) is 27.3 Å². The zero-order valence-corrected chi connectivity index (χ0v) is 16.7. The lowest BCUT2D eigenvalue weighted by atomic mass is 10.1. The van der Waals surface area contributed by atoms with Gasteiger partial charge < -0.3 is 20.6 Å². The van der Waals surface area contributed by atoms with Crippen molar-refractivity contribution in [2.24, 2.45) is 0 Å². The van der Waals surface area contributed by atoms with Crippen molar-refractivity contribution in [3.8, 4) is 0 Å². The maximum Gasteiger partial charge on any atom is 0.322 e. The van der Waals surface area contributed by atoms with Gasteiger partial charge >= 0.3 is 5.97 Å². The fraction of sp³-hybridized carbons (Fsp3) is 0.400. The summed E-state index contributed by atoms with van der Waals surface area (Å²) in [5, 5.41) is 16.4. The highest BCUT2D eigenvalue weighted by Crippen LogP contribution is 2.20. The summed E-state index contributed by atoms with van der Waals surface area (Å²) in [5.74, 6) is -1.70. The zero-order chi connectivity index (χ0) is 20.6. The van der Waals surface area contributed by atoms with Crippen LogP contribution in [0.25, 0.3) is 0 Å². The number of nitrogens with zero attached hydrogens (tertiary/aromatic N) is 2. The molecule has 0 unspecified atom stereocenters. The fourth-order valence-electron chi connectivity index (χ4n) is 3.41. The second-order valence-electron chi connectivity index (χ2n) is 6.90. The summed E-state index contributed by atoms with van der Waals surface area (Å²) in [6, 6.07) is 8.62. The highest BCUT2D eigenvalue weighted by molar-refractivity contribution is 7.07. The molecular weight excluding hydrogens is 392 g/mol. The van der Waals surface area contributed by atoms with Crippen LogP contribution in [0.3, 0.4) is 0 Å². The number of carboxylic acid groups (broad SMARTS) is 1. The number of benzene rings is 1. The molecule has 2 heterocycles. The summed E-state index contributed by atoms with van der Waals surface area (Å²) < 4.78 is 0. The number of carboxylic acids is 1. The minimum absolute atomic E-state index is 0.165. The van der Waals surface area contributed by atoms with Crippen molar-refractivity contribution in [3.05, 3.63) is 52.5 Å². The van der Waals surface area contributed by atoms with Crippen molar-refractivity contribution in [1.29, 1.82) is 0 Å². The van der Waals surface area contributed by atoms with Crippen molar-refractivity contribution in [2.45, 2.75) is 37.9 Å². The molecule has 1 aromatic carbocycles. The maximum absolute atomic E-state index is 13.3. The molecule has 3 rings (SSSR count). The van der Waals surface area contributed by atoms with E-state index in [1.807, 2.05) is 35.7 Å². The van der Waals surface area contributed by atoms with Gasteiger partial charge in [0.15, 0.2) is 0 Å². The third kappa shape index (κ3) is 5.85. The molecule has 1 saturated heterocycles. The Kier molecular flexibility index (Phi) is 7.31. The molecule has 0 saturated carbocycles. The van der Waals surface area contributed by atoms with Crippen molar-refractivity contribution in [1.82, 2.24) is 20.5 Å². The topological polar surface area (TPSA) is 112 Å². The van der Waals surface area contributed by atoms with E-state index in [9.17, 15) is 14.4 Å². The molecule has 0 radical (unpaired) electrons. The number of rotatable bonds is 9. The summed E-state index contributed by atoms with van der Waals surface area (Å²) >= 11 is 1.47. The van der Waals surface area contributed by atoms with Gasteiger partial charge in [-0.15, -0.1) is 11.3 Å². The van der Waals surface area contributed by atoms with Gasteiger partial charge in [0.05, 0.1) is 17.2 Å². The average molecular weight is 417 g/mol. The second-order valence-corrected chi connectivity index (χ2v) is 7.62. The van der Waals surface area contributed by atoms with E-state index in [1.54, 1.807) is 10.4 Å². The third-order valence-corrected chi connectivity index (χ3v) is 5.48. The molecule has 9 heteroatoms. The molecule has 2 amide bonds. The number of thiazole rings is 1. The normalized spacial score (nSPS) is 17.1. The third-order valence-electron chi connectivity index (χ3n) is 4.84. The van der Waals surface area contributed by atoms with Gasteiger partial charge in [-0.1, -0.05) is 30.3 Å². The van der Waals surface area contributed by atoms with Crippen LogP contribution in [0.5, 0.6) is 0 Å². The maximum atomic E-state index is 13.3. The molecule has 8 nitrogen and oxygen atoms in total. The summed E-state index contributed by atoms with van der Waals surface area (Å²) in [6.07, 6.45) is 1.66. The molecule has 3 N–H and O–H groups in total. The molecule has 1 aromatic heterocycles. The van der Waals surface area contributed by atoms with Gasteiger partial charge in [0, 0.05) is 24.9 Å². The van der Waals surface area contributed by atoms with Gasteiger partial charge in [0.25, 0.3) is 0 Å². The van der Waals surface area contributed by atoms with Crippen LogP contribution in [0, 0.1) is 0 Å². The zero-order valence-electron chi connectivity index (χ0n) is 15.9. The van der Waals surface area contributed by atoms with E-state index < -0.39 is 30.5 Å². The van der Waals surface area contributed by atoms with Crippen molar-refractivity contribution >= 4 is 29.1 Å². The van der Waals surface area contributed by atoms with E-state index in [2.05, 4.69) is 15.6 Å². The molecule has 1 fully saturated rings. The molecule has 1 aliphatic rings. The largest absolute Gasteiger partial charge is 0.480 e. The van der Waals surface area contributed by atoms with Crippen LogP contribution < -0.4 is 10.6 Å². The van der Waals surface area contributed by atoms with Gasteiger partial charge in [-0.05, 0) is 18.4 Å². The molecule has 0 aliphatic carbocycles. The van der Waals surface area contributed by atoms with Crippen molar-refractivity contribution in [2.75, 3.05) is 13.1 Å². The van der Waals surface area contributed by atoms with Gasteiger partial charge in [0.2, 0.25) is 11.8 Å². The van der Waals surface area contributed by atoms with Gasteiger partial charge in [-0.3, -0.25) is 14.4 Å². The SMILES string of the molecule is O=C(O)CNC(=O)[C@@H]1CCCN1C(=O)[C@H](Cc1cscn1)NCc1ccccc1. The average Bonchev–Trinajstić information content (AvgIpc) is 3.41. The number of likely N-dealkylation sites (tertiary alicyclic amines) is 1. The van der Waals surface area contributed by atoms with Gasteiger partial charge in [-0.25, -0.2) is 4.98 Å². The number of carbonyl (C=O) groups is 3. The second kappa shape index (κ2) is 10.1. The van der Waals surface area contributed by atoms with Gasteiger partial charge in [0.1, 0.15) is 12.6 Å². The number of aromatic nitrogens is 1. The Labute approximate surface area is 172 Å². The monoisotopic (exact) mass is 416 g/mol. The Bertz CT molecular complexity index is 828. The number of hydrogen-bond donors (Lipinski definition) is 3. The Balaban J connectivity index is 1.70. The first kappa shape index (κ1) is 20.9. The number of amides is 2. The molecule has 0 spiro atoms. The Morgan fingerprint density at radius 1 is 1.28 bits per heavy atom. The lowest BCUT2D eigenvalue weighted by molar-refractivity contribution is -0.141. The molecule has 29 heavy (non-hydrogen) atoms. The molecule has 2 atom stereocenters. The number of nitrogens with one attached hydrogen (secondary N) is 2. The first-order valence-corrected chi connectivity index (χ1v) is 10.4. The lowest BCUT2D eigenvalue weighted by Crippen LogP contribution is -2.53. The highest BCUT2D eigenvalue weighted by atomic mass is 32.1. The van der Waals surface area contributed by atoms with E-state index >= 15 is 0 Å². The predicted octanol–water partition coefficient (Wildman–Crippen LogP) is 1.04. The molecule has 1 aliphatic heterocycles. The van der Waals surface area contributed by atoms with Crippen LogP contribution in [0.1, 0.15) is 24.1 Å². The first-order valence-electron chi connectivity index (χ1n) is 9.49. The Morgan fingerprint density at radius 2 is 2.07 bits per heavy atom. The predicted molar refractivity (Wildman–Crippen MR) is 108 cm³/mol. The summed E-state index contributed by atoms with van der Waals surface area (Å²) in [7, 11) is 0. The molecule has 0 bridgehead atoms. The van der Waals surface area contributed by atoms with Crippen LogP contribution in [-0.4, -0.2) is 57.9 Å². The van der Waals surface area contributed by atoms with Crippen LogP contribution >= 0.6 is 11.3 Å². The summed E-state index contributed by atoms with van der Waals surface area (Å²) in [5.41, 5.74) is 3.60. The number of hydrogen-bond acceptors (Lipinski definition) is 6. The smallest absolute Gasteiger partial charge is 0.322 e. The molecular formula is C20H24N4O4S. The minimum atomic E-state index is -1.11. The summed E-state index contributed by atoms with van der Waals surface area (Å²) in [6.45, 7) is 0.543. The van der Waals surface area contributed by atoms with Crippen molar-refractivity contribution < 1.29 is 19.5 Å². The highest BCUT2D eigenvalue weighted by Gasteiger charge is 2.37. The minimum Gasteiger partial charge on any atom is -0.480 e. The Hall–Kier alpha value is -2.78. The van der Waals surface area contributed by atoms with E-state index in [4.69, 9.17) is 5.11 Å². The summed E-state index contributed by atoms with van der Waals surface area (Å²) in [4.78, 5) is 42.2. The number of aliphatic carboxylic acids is 1. The standard InChI is InChI=1S/C20H24N4O4S/c25-18(26)11-22-19(27)17-7-4-8-24(17)20(28)16(9-15-12-29-13-23-15)21-10-14-5-2-1-3-6-14/h1-3,5-6,12-13,16-17,21H,4,7-11H2,(H,22,27)(H,25,26)/t16-,17-/m0/s1. The van der Waals surface area contributed by atoms with Crippen LogP contribution in [0.4, 0.5) is 0 Å².